The highest BCUT2D eigenvalue weighted by atomic mass is 19.1. The SMILES string of the molecule is CCC(COCCCCCCCCCCCCCCCCCCF)OCc1ccccc1. The summed E-state index contributed by atoms with van der Waals surface area (Å²) in [4.78, 5) is 0. The number of hydrogen-bond donors (Lipinski definition) is 0. The van der Waals surface area contributed by atoms with Gasteiger partial charge in [0, 0.05) is 6.61 Å². The van der Waals surface area contributed by atoms with E-state index in [-0.39, 0.29) is 12.8 Å². The van der Waals surface area contributed by atoms with Gasteiger partial charge in [0.1, 0.15) is 0 Å². The fourth-order valence-corrected chi connectivity index (χ4v) is 4.06. The predicted octanol–water partition coefficient (Wildman–Crippen LogP) is 9.21. The van der Waals surface area contributed by atoms with Gasteiger partial charge in [0.25, 0.3) is 0 Å². The maximum Gasteiger partial charge on any atom is 0.0894 e. The molecule has 0 aliphatic heterocycles. The number of benzene rings is 1. The lowest BCUT2D eigenvalue weighted by Gasteiger charge is -2.16. The zero-order valence-electron chi connectivity index (χ0n) is 21.0. The van der Waals surface area contributed by atoms with E-state index in [1.54, 1.807) is 0 Å². The summed E-state index contributed by atoms with van der Waals surface area (Å²) in [6, 6.07) is 10.4. The van der Waals surface area contributed by atoms with Crippen LogP contribution in [0.2, 0.25) is 0 Å². The number of rotatable bonds is 24. The molecular weight excluding hydrogens is 399 g/mol. The molecule has 0 bridgehead atoms. The minimum Gasteiger partial charge on any atom is -0.379 e. The molecule has 0 aliphatic rings. The Kier molecular flexibility index (Phi) is 21.1. The van der Waals surface area contributed by atoms with Crippen LogP contribution >= 0.6 is 0 Å². The fraction of sp³-hybridized carbons (Fsp3) is 0.793. The molecule has 0 amide bonds. The summed E-state index contributed by atoms with van der Waals surface area (Å²) in [5.74, 6) is 0. The molecule has 1 aromatic rings. The second kappa shape index (κ2) is 23.2. The normalized spacial score (nSPS) is 12.3. The number of unbranched alkanes of at least 4 members (excludes halogenated alkanes) is 15. The van der Waals surface area contributed by atoms with Crippen LogP contribution in [0.3, 0.4) is 0 Å². The Hall–Kier alpha value is -0.930. The van der Waals surface area contributed by atoms with Gasteiger partial charge < -0.3 is 9.47 Å². The van der Waals surface area contributed by atoms with Crippen LogP contribution in [-0.4, -0.2) is 26.0 Å². The first-order valence-corrected chi connectivity index (χ1v) is 13.7. The summed E-state index contributed by atoms with van der Waals surface area (Å²) in [5.41, 5.74) is 1.23. The zero-order chi connectivity index (χ0) is 23.0. The Balaban J connectivity index is 1.76. The summed E-state index contributed by atoms with van der Waals surface area (Å²) in [5, 5.41) is 0. The van der Waals surface area contributed by atoms with Crippen molar-refractivity contribution in [3.05, 3.63) is 35.9 Å². The number of ether oxygens (including phenoxy) is 2. The summed E-state index contributed by atoms with van der Waals surface area (Å²) < 4.78 is 23.8. The van der Waals surface area contributed by atoms with Crippen LogP contribution in [0.4, 0.5) is 4.39 Å². The second-order valence-electron chi connectivity index (χ2n) is 9.25. The first kappa shape index (κ1) is 29.1. The van der Waals surface area contributed by atoms with Crippen molar-refractivity contribution >= 4 is 0 Å². The van der Waals surface area contributed by atoms with Gasteiger partial charge in [0.15, 0.2) is 0 Å². The standard InChI is InChI=1S/C29H51FO2/c1-2-29(32-26-28-22-18-17-19-23-28)27-31-25-21-16-14-12-10-8-6-4-3-5-7-9-11-13-15-20-24-30/h17-19,22-23,29H,2-16,20-21,24-27H2,1H3. The van der Waals surface area contributed by atoms with E-state index in [0.29, 0.717) is 13.2 Å². The van der Waals surface area contributed by atoms with Crippen LogP contribution in [0.1, 0.15) is 122 Å². The number of halogens is 1. The average Bonchev–Trinajstić information content (AvgIpc) is 2.83. The van der Waals surface area contributed by atoms with E-state index in [4.69, 9.17) is 9.47 Å². The molecule has 1 unspecified atom stereocenters. The molecule has 0 aromatic heterocycles. The molecule has 2 nitrogen and oxygen atoms in total. The van der Waals surface area contributed by atoms with Crippen LogP contribution < -0.4 is 0 Å². The first-order chi connectivity index (χ1) is 15.9. The molecule has 1 atom stereocenters. The topological polar surface area (TPSA) is 18.5 Å². The highest BCUT2D eigenvalue weighted by molar-refractivity contribution is 5.13. The summed E-state index contributed by atoms with van der Waals surface area (Å²) >= 11 is 0. The Morgan fingerprint density at radius 2 is 1.12 bits per heavy atom. The molecule has 0 saturated heterocycles. The molecule has 0 heterocycles. The van der Waals surface area contributed by atoms with Crippen LogP contribution in [0.15, 0.2) is 30.3 Å². The van der Waals surface area contributed by atoms with E-state index in [1.807, 2.05) is 6.07 Å². The maximum atomic E-state index is 12.0. The van der Waals surface area contributed by atoms with Crippen molar-refractivity contribution < 1.29 is 13.9 Å². The first-order valence-electron chi connectivity index (χ1n) is 13.7. The lowest BCUT2D eigenvalue weighted by molar-refractivity contribution is -0.0269. The van der Waals surface area contributed by atoms with Gasteiger partial charge in [-0.2, -0.15) is 0 Å². The van der Waals surface area contributed by atoms with Gasteiger partial charge in [-0.1, -0.05) is 127 Å². The molecule has 1 aromatic carbocycles. The molecule has 0 aliphatic carbocycles. The molecule has 32 heavy (non-hydrogen) atoms. The Labute approximate surface area is 198 Å². The van der Waals surface area contributed by atoms with Gasteiger partial charge in [-0.15, -0.1) is 0 Å². The average molecular weight is 451 g/mol. The monoisotopic (exact) mass is 450 g/mol. The highest BCUT2D eigenvalue weighted by Gasteiger charge is 2.07. The van der Waals surface area contributed by atoms with Crippen molar-refractivity contribution in [1.82, 2.24) is 0 Å². The van der Waals surface area contributed by atoms with E-state index < -0.39 is 0 Å². The number of alkyl halides is 1. The van der Waals surface area contributed by atoms with Crippen molar-refractivity contribution in [2.24, 2.45) is 0 Å². The lowest BCUT2D eigenvalue weighted by atomic mass is 10.0. The smallest absolute Gasteiger partial charge is 0.0894 e. The minimum atomic E-state index is -0.139. The lowest BCUT2D eigenvalue weighted by Crippen LogP contribution is -2.19. The van der Waals surface area contributed by atoms with Crippen molar-refractivity contribution in [2.75, 3.05) is 19.9 Å². The van der Waals surface area contributed by atoms with Gasteiger partial charge in [-0.3, -0.25) is 4.39 Å². The van der Waals surface area contributed by atoms with Gasteiger partial charge in [0.05, 0.1) is 26.0 Å². The minimum absolute atomic E-state index is 0.139. The van der Waals surface area contributed by atoms with E-state index in [0.717, 1.165) is 25.9 Å². The zero-order valence-corrected chi connectivity index (χ0v) is 21.0. The Morgan fingerprint density at radius 3 is 1.59 bits per heavy atom. The molecule has 0 radical (unpaired) electrons. The summed E-state index contributed by atoms with van der Waals surface area (Å²) in [7, 11) is 0. The van der Waals surface area contributed by atoms with Gasteiger partial charge in [0.2, 0.25) is 0 Å². The van der Waals surface area contributed by atoms with E-state index in [9.17, 15) is 4.39 Å². The molecule has 186 valence electrons. The van der Waals surface area contributed by atoms with Crippen LogP contribution in [0.25, 0.3) is 0 Å². The second-order valence-corrected chi connectivity index (χ2v) is 9.25. The molecule has 0 spiro atoms. The van der Waals surface area contributed by atoms with E-state index in [2.05, 4.69) is 31.2 Å². The van der Waals surface area contributed by atoms with Gasteiger partial charge in [-0.25, -0.2) is 0 Å². The number of hydrogen-bond acceptors (Lipinski definition) is 2. The van der Waals surface area contributed by atoms with E-state index in [1.165, 1.54) is 95.5 Å². The Bertz CT molecular complexity index is 479. The largest absolute Gasteiger partial charge is 0.379 e. The quantitative estimate of drug-likeness (QED) is 0.146. The molecule has 0 fully saturated rings. The molecule has 0 saturated carbocycles. The van der Waals surface area contributed by atoms with Gasteiger partial charge >= 0.3 is 0 Å². The van der Waals surface area contributed by atoms with Crippen molar-refractivity contribution in [3.63, 3.8) is 0 Å². The van der Waals surface area contributed by atoms with Crippen LogP contribution in [-0.2, 0) is 16.1 Å². The molecule has 3 heteroatoms. The molecule has 1 rings (SSSR count). The van der Waals surface area contributed by atoms with Crippen molar-refractivity contribution in [1.29, 1.82) is 0 Å². The Morgan fingerprint density at radius 1 is 0.656 bits per heavy atom. The van der Waals surface area contributed by atoms with Crippen LogP contribution in [0.5, 0.6) is 0 Å². The predicted molar refractivity (Wildman–Crippen MR) is 136 cm³/mol. The highest BCUT2D eigenvalue weighted by Crippen LogP contribution is 2.14. The third-order valence-corrected chi connectivity index (χ3v) is 6.26. The molecular formula is C29H51FO2. The van der Waals surface area contributed by atoms with E-state index >= 15 is 0 Å². The van der Waals surface area contributed by atoms with Crippen molar-refractivity contribution in [2.45, 2.75) is 129 Å². The third kappa shape index (κ3) is 18.6. The summed E-state index contributed by atoms with van der Waals surface area (Å²) in [6.45, 7) is 4.27. The summed E-state index contributed by atoms with van der Waals surface area (Å²) in [6.07, 6.45) is 21.8. The fourth-order valence-electron chi connectivity index (χ4n) is 4.06. The van der Waals surface area contributed by atoms with Crippen LogP contribution in [0, 0.1) is 0 Å². The van der Waals surface area contributed by atoms with Crippen molar-refractivity contribution in [3.8, 4) is 0 Å². The maximum absolute atomic E-state index is 12.0. The molecule has 0 N–H and O–H groups in total. The third-order valence-electron chi connectivity index (χ3n) is 6.26. The van der Waals surface area contributed by atoms with Gasteiger partial charge in [-0.05, 0) is 24.8 Å².